The van der Waals surface area contributed by atoms with Crippen LogP contribution in [-0.2, 0) is 4.79 Å². The van der Waals surface area contributed by atoms with Crippen LogP contribution < -0.4 is 5.31 Å². The van der Waals surface area contributed by atoms with Gasteiger partial charge in [0, 0.05) is 0 Å². The summed E-state index contributed by atoms with van der Waals surface area (Å²) >= 11 is 0. The van der Waals surface area contributed by atoms with E-state index in [1.54, 1.807) is 0 Å². The Hall–Kier alpha value is -0.530. The lowest BCUT2D eigenvalue weighted by atomic mass is 10.0. The fraction of sp³-hybridized carbons (Fsp3) is 0.929. The van der Waals surface area contributed by atoms with Crippen LogP contribution in [0, 0.1) is 0 Å². The average Bonchev–Trinajstić information content (AvgIpc) is 2.49. The van der Waals surface area contributed by atoms with E-state index in [1.165, 1.54) is 6.42 Å². The number of unbranched alkanes of at least 4 members (excludes halogenated alkanes) is 5. The van der Waals surface area contributed by atoms with Crippen molar-refractivity contribution in [1.82, 2.24) is 5.31 Å². The Bertz CT molecular complexity index is 270. The minimum Gasteiger partial charge on any atom is -0.394 e. The molecule has 0 fully saturated rings. The van der Waals surface area contributed by atoms with Crippen molar-refractivity contribution in [3.05, 3.63) is 0 Å². The zero-order valence-corrected chi connectivity index (χ0v) is 12.2. The maximum absolute atomic E-state index is 11.0. The highest BCUT2D eigenvalue weighted by Crippen LogP contribution is 2.06. The van der Waals surface area contributed by atoms with Gasteiger partial charge in [-0.05, 0) is 13.0 Å². The lowest BCUT2D eigenvalue weighted by Gasteiger charge is -2.26. The lowest BCUT2D eigenvalue weighted by molar-refractivity contribution is -0.120. The zero-order chi connectivity index (χ0) is 16.3. The highest BCUT2D eigenvalue weighted by atomic mass is 16.4. The van der Waals surface area contributed by atoms with Crippen LogP contribution in [0.1, 0.15) is 45.4 Å². The van der Waals surface area contributed by atoms with Crippen LogP contribution in [0.15, 0.2) is 0 Å². The van der Waals surface area contributed by atoms with Crippen LogP contribution in [-0.4, -0.2) is 64.2 Å². The molecule has 0 aliphatic heterocycles. The predicted molar refractivity (Wildman–Crippen MR) is 76.3 cm³/mol. The molecule has 0 unspecified atom stereocenters. The van der Waals surface area contributed by atoms with Crippen LogP contribution in [0.2, 0.25) is 1.41 Å². The van der Waals surface area contributed by atoms with Gasteiger partial charge >= 0.3 is 0 Å². The van der Waals surface area contributed by atoms with Crippen LogP contribution in [0.5, 0.6) is 0 Å². The molecule has 120 valence electrons. The Balaban J connectivity index is 4.16. The standard InChI is InChI=1S/C14H29NO5/c1-2-3-4-5-6-7-8-15-11(9-16)13(19)14(20)12(18)10-17/h9,11-15,17-20H,2-8,10H2,1H3/t11-,12+,13+,14+/m0/s1/i/hD. The summed E-state index contributed by atoms with van der Waals surface area (Å²) in [4.78, 5) is 11.0. The SMILES string of the molecule is [2H]N(CCCCCCCC)[C@@H](C=O)[C@@H](O)[C@H](O)[C@H](O)CO. The van der Waals surface area contributed by atoms with Gasteiger partial charge in [-0.2, -0.15) is 0 Å². The molecule has 5 N–H and O–H groups in total. The second-order valence-electron chi connectivity index (χ2n) is 5.03. The van der Waals surface area contributed by atoms with Crippen molar-refractivity contribution < 1.29 is 26.6 Å². The van der Waals surface area contributed by atoms with Crippen molar-refractivity contribution in [3.63, 3.8) is 0 Å². The first-order chi connectivity index (χ1) is 9.99. The normalized spacial score (nSPS) is 18.4. The monoisotopic (exact) mass is 292 g/mol. The van der Waals surface area contributed by atoms with Gasteiger partial charge in [-0.3, -0.25) is 0 Å². The first-order valence-corrected chi connectivity index (χ1v) is 7.35. The molecule has 0 saturated heterocycles. The largest absolute Gasteiger partial charge is 0.394 e. The minimum atomic E-state index is -1.66. The van der Waals surface area contributed by atoms with Crippen molar-refractivity contribution in [2.75, 3.05) is 13.2 Å². The molecule has 0 radical (unpaired) electrons. The third-order valence-electron chi connectivity index (χ3n) is 3.27. The van der Waals surface area contributed by atoms with Gasteiger partial charge in [0.15, 0.2) is 0 Å². The molecule has 20 heavy (non-hydrogen) atoms. The third-order valence-corrected chi connectivity index (χ3v) is 3.27. The van der Waals surface area contributed by atoms with E-state index in [1.807, 2.05) is 0 Å². The first kappa shape index (κ1) is 17.5. The van der Waals surface area contributed by atoms with E-state index >= 15 is 0 Å². The number of aliphatic hydroxyl groups excluding tert-OH is 4. The molecule has 0 bridgehead atoms. The molecule has 0 spiro atoms. The average molecular weight is 292 g/mol. The van der Waals surface area contributed by atoms with E-state index in [0.29, 0.717) is 12.8 Å². The molecule has 0 aliphatic carbocycles. The van der Waals surface area contributed by atoms with E-state index in [2.05, 4.69) is 6.92 Å². The molecule has 0 amide bonds. The van der Waals surface area contributed by atoms with E-state index < -0.39 is 31.0 Å². The van der Waals surface area contributed by atoms with Gasteiger partial charge in [0.05, 0.1) is 12.6 Å². The summed E-state index contributed by atoms with van der Waals surface area (Å²) in [7, 11) is 0. The van der Waals surface area contributed by atoms with Crippen molar-refractivity contribution in [3.8, 4) is 0 Å². The van der Waals surface area contributed by atoms with Gasteiger partial charge in [-0.15, -0.1) is 0 Å². The quantitative estimate of drug-likeness (QED) is 0.233. The Morgan fingerprint density at radius 1 is 1.10 bits per heavy atom. The molecule has 0 aromatic rings. The highest BCUT2D eigenvalue weighted by molar-refractivity contribution is 5.58. The summed E-state index contributed by atoms with van der Waals surface area (Å²) < 4.78 is 7.75. The second kappa shape index (κ2) is 12.2. The van der Waals surface area contributed by atoms with Crippen molar-refractivity contribution in [2.24, 2.45) is 0 Å². The molecule has 4 atom stereocenters. The molecular formula is C14H29NO5. The third kappa shape index (κ3) is 7.91. The zero-order valence-electron chi connectivity index (χ0n) is 13.2. The smallest absolute Gasteiger partial charge is 0.139 e. The summed E-state index contributed by atoms with van der Waals surface area (Å²) in [6, 6.07) is -1.23. The first-order valence-electron chi connectivity index (χ1n) is 7.80. The number of hydrogen-bond acceptors (Lipinski definition) is 6. The number of rotatable bonds is 13. The maximum atomic E-state index is 11.0. The maximum Gasteiger partial charge on any atom is 0.139 e. The Morgan fingerprint density at radius 3 is 2.25 bits per heavy atom. The summed E-state index contributed by atoms with van der Waals surface area (Å²) in [6.45, 7) is 1.71. The topological polar surface area (TPSA) is 110 Å². The number of carbonyl (C=O) groups excluding carboxylic acids is 1. The van der Waals surface area contributed by atoms with Gasteiger partial charge in [0.25, 0.3) is 0 Å². The number of aliphatic hydroxyl groups is 4. The molecule has 0 aromatic heterocycles. The van der Waals surface area contributed by atoms with E-state index in [4.69, 9.17) is 6.52 Å². The van der Waals surface area contributed by atoms with Crippen LogP contribution in [0.3, 0.4) is 0 Å². The molecule has 6 nitrogen and oxygen atoms in total. The molecular weight excluding hydrogens is 262 g/mol. The van der Waals surface area contributed by atoms with Crippen molar-refractivity contribution in [1.29, 1.82) is 0 Å². The molecule has 0 aliphatic rings. The number of nitrogens with one attached hydrogen (secondary N) is 1. The molecule has 0 saturated carbocycles. The Labute approximate surface area is 122 Å². The van der Waals surface area contributed by atoms with Gasteiger partial charge in [0.2, 0.25) is 0 Å². The van der Waals surface area contributed by atoms with E-state index in [0.717, 1.165) is 37.4 Å². The van der Waals surface area contributed by atoms with Crippen molar-refractivity contribution >= 4 is 6.29 Å². The minimum absolute atomic E-state index is 0.300. The van der Waals surface area contributed by atoms with Crippen LogP contribution >= 0.6 is 0 Å². The fourth-order valence-corrected chi connectivity index (χ4v) is 1.90. The van der Waals surface area contributed by atoms with Crippen LogP contribution in [0.25, 0.3) is 0 Å². The Morgan fingerprint density at radius 2 is 1.70 bits per heavy atom. The van der Waals surface area contributed by atoms with Crippen LogP contribution in [0.4, 0.5) is 0 Å². The number of aldehydes is 1. The predicted octanol–water partition coefficient (Wildman–Crippen LogP) is -0.421. The summed E-state index contributed by atoms with van der Waals surface area (Å²) in [5.74, 6) is 0. The number of carbonyl (C=O) groups is 1. The number of hydrogen-bond donors (Lipinski definition) is 5. The van der Waals surface area contributed by atoms with Gasteiger partial charge < -0.3 is 30.5 Å². The molecule has 0 aromatic carbocycles. The summed E-state index contributed by atoms with van der Waals surface area (Å²) in [6.07, 6.45) is 1.80. The molecule has 0 heterocycles. The lowest BCUT2D eigenvalue weighted by Crippen LogP contribution is -2.52. The van der Waals surface area contributed by atoms with Gasteiger partial charge in [0.1, 0.15) is 26.0 Å². The molecule has 0 rings (SSSR count). The summed E-state index contributed by atoms with van der Waals surface area (Å²) in [5, 5.41) is 38.3. The van der Waals surface area contributed by atoms with E-state index in [-0.39, 0.29) is 0 Å². The Kier molecular flexibility index (Phi) is 10.7. The van der Waals surface area contributed by atoms with E-state index in [9.17, 15) is 20.1 Å². The van der Waals surface area contributed by atoms with Gasteiger partial charge in [-0.25, -0.2) is 0 Å². The highest BCUT2D eigenvalue weighted by Gasteiger charge is 2.30. The van der Waals surface area contributed by atoms with Crippen molar-refractivity contribution in [2.45, 2.75) is 69.8 Å². The second-order valence-corrected chi connectivity index (χ2v) is 5.03. The summed E-state index contributed by atoms with van der Waals surface area (Å²) in [5.41, 5.74) is 0. The molecule has 6 heteroatoms. The van der Waals surface area contributed by atoms with Gasteiger partial charge in [-0.1, -0.05) is 39.0 Å². The fourth-order valence-electron chi connectivity index (χ4n) is 1.90.